The summed E-state index contributed by atoms with van der Waals surface area (Å²) >= 11 is 0. The van der Waals surface area contributed by atoms with E-state index in [1.807, 2.05) is 0 Å². The quantitative estimate of drug-likeness (QED) is 0.605. The molecule has 4 fully saturated rings. The number of ether oxygens (including phenoxy) is 1. The molecule has 0 radical (unpaired) electrons. The average Bonchev–Trinajstić information content (AvgIpc) is 3.21. The van der Waals surface area contributed by atoms with Crippen LogP contribution in [-0.4, -0.2) is 34.1 Å². The largest absolute Gasteiger partial charge is 0.396 e. The highest BCUT2D eigenvalue weighted by Crippen LogP contribution is 2.74. The molecule has 0 aromatic heterocycles. The van der Waals surface area contributed by atoms with Gasteiger partial charge in [-0.25, -0.2) is 0 Å². The summed E-state index contributed by atoms with van der Waals surface area (Å²) in [6, 6.07) is 0. The van der Waals surface area contributed by atoms with Crippen LogP contribution >= 0.6 is 0 Å². The van der Waals surface area contributed by atoms with Gasteiger partial charge in [-0.2, -0.15) is 0 Å². The Bertz CT molecular complexity index is 547. The number of aliphatic hydroxyl groups excluding tert-OH is 1. The maximum absolute atomic E-state index is 12.0. The summed E-state index contributed by atoms with van der Waals surface area (Å²) < 4.78 is 6.29. The molecule has 3 nitrogen and oxygen atoms in total. The van der Waals surface area contributed by atoms with Gasteiger partial charge in [-0.15, -0.1) is 6.58 Å². The third kappa shape index (κ3) is 1.72. The van der Waals surface area contributed by atoms with E-state index in [4.69, 9.17) is 4.74 Å². The molecule has 3 saturated carbocycles. The Labute approximate surface area is 140 Å². The lowest BCUT2D eigenvalue weighted by molar-refractivity contribution is -0.229. The van der Waals surface area contributed by atoms with E-state index in [2.05, 4.69) is 33.4 Å². The summed E-state index contributed by atoms with van der Waals surface area (Å²) in [5.41, 5.74) is -1.29. The fourth-order valence-electron chi connectivity index (χ4n) is 6.85. The van der Waals surface area contributed by atoms with E-state index in [9.17, 15) is 10.2 Å². The predicted octanol–water partition coefficient (Wildman–Crippen LogP) is 3.44. The molecule has 1 aliphatic heterocycles. The molecular formula is C20H32O3. The predicted molar refractivity (Wildman–Crippen MR) is 90.0 cm³/mol. The van der Waals surface area contributed by atoms with Crippen molar-refractivity contribution in [3.63, 3.8) is 0 Å². The summed E-state index contributed by atoms with van der Waals surface area (Å²) in [5, 5.41) is 22.0. The monoisotopic (exact) mass is 320 g/mol. The van der Waals surface area contributed by atoms with Crippen molar-refractivity contribution in [1.82, 2.24) is 0 Å². The number of fused-ring (bicyclic) bond motifs is 2. The maximum atomic E-state index is 12.0. The molecule has 0 unspecified atom stereocenters. The molecule has 0 aromatic rings. The molecule has 1 saturated heterocycles. The fourth-order valence-corrected chi connectivity index (χ4v) is 6.85. The minimum Gasteiger partial charge on any atom is -0.396 e. The van der Waals surface area contributed by atoms with Crippen LogP contribution in [0.4, 0.5) is 0 Å². The van der Waals surface area contributed by atoms with Gasteiger partial charge in [-0.05, 0) is 55.3 Å². The minimum atomic E-state index is -0.757. The van der Waals surface area contributed by atoms with E-state index in [1.165, 1.54) is 0 Å². The van der Waals surface area contributed by atoms with E-state index >= 15 is 0 Å². The number of allylic oxidation sites excluding steroid dienone is 1. The minimum absolute atomic E-state index is 0.0686. The normalized spacial score (nSPS) is 61.1. The topological polar surface area (TPSA) is 53.0 Å². The zero-order valence-electron chi connectivity index (χ0n) is 14.9. The van der Waals surface area contributed by atoms with Crippen molar-refractivity contribution in [2.45, 2.75) is 83.0 Å². The Morgan fingerprint density at radius 2 is 1.91 bits per heavy atom. The molecule has 7 atom stereocenters. The number of aliphatic hydroxyl groups is 2. The van der Waals surface area contributed by atoms with Crippen LogP contribution < -0.4 is 0 Å². The first-order valence-electron chi connectivity index (χ1n) is 9.33. The van der Waals surface area contributed by atoms with Crippen LogP contribution in [0.15, 0.2) is 12.7 Å². The lowest BCUT2D eigenvalue weighted by Gasteiger charge is -2.64. The van der Waals surface area contributed by atoms with Crippen molar-refractivity contribution in [2.24, 2.45) is 22.2 Å². The average molecular weight is 320 g/mol. The first-order valence-corrected chi connectivity index (χ1v) is 9.33. The summed E-state index contributed by atoms with van der Waals surface area (Å²) in [6.45, 7) is 11.0. The third-order valence-corrected chi connectivity index (χ3v) is 8.54. The van der Waals surface area contributed by atoms with Crippen molar-refractivity contribution < 1.29 is 14.9 Å². The van der Waals surface area contributed by atoms with E-state index in [0.29, 0.717) is 5.92 Å². The number of hydrogen-bond acceptors (Lipinski definition) is 3. The van der Waals surface area contributed by atoms with Gasteiger partial charge in [0.2, 0.25) is 0 Å². The van der Waals surface area contributed by atoms with Crippen molar-refractivity contribution in [2.75, 3.05) is 6.61 Å². The lowest BCUT2D eigenvalue weighted by Crippen LogP contribution is -2.70. The smallest absolute Gasteiger partial charge is 0.125 e. The number of rotatable bonds is 2. The molecule has 0 bridgehead atoms. The second kappa shape index (κ2) is 4.42. The van der Waals surface area contributed by atoms with Crippen LogP contribution in [0.3, 0.4) is 0 Å². The van der Waals surface area contributed by atoms with Crippen molar-refractivity contribution in [1.29, 1.82) is 0 Å². The zero-order chi connectivity index (χ0) is 16.7. The highest BCUT2D eigenvalue weighted by Gasteiger charge is 2.81. The maximum Gasteiger partial charge on any atom is 0.125 e. The molecular weight excluding hydrogens is 288 g/mol. The molecule has 1 heterocycles. The van der Waals surface area contributed by atoms with E-state index < -0.39 is 5.60 Å². The van der Waals surface area contributed by atoms with Gasteiger partial charge in [0.1, 0.15) is 11.2 Å². The summed E-state index contributed by atoms with van der Waals surface area (Å²) in [7, 11) is 0. The van der Waals surface area contributed by atoms with Crippen molar-refractivity contribution >= 4 is 0 Å². The summed E-state index contributed by atoms with van der Waals surface area (Å²) in [5.74, 6) is 0.340. The van der Waals surface area contributed by atoms with Gasteiger partial charge in [-0.3, -0.25) is 0 Å². The van der Waals surface area contributed by atoms with Gasteiger partial charge in [0, 0.05) is 12.0 Å². The zero-order valence-corrected chi connectivity index (χ0v) is 14.9. The molecule has 3 heteroatoms. The van der Waals surface area contributed by atoms with Gasteiger partial charge in [0.15, 0.2) is 0 Å². The van der Waals surface area contributed by atoms with Gasteiger partial charge in [0.05, 0.1) is 6.10 Å². The van der Waals surface area contributed by atoms with Gasteiger partial charge in [0.25, 0.3) is 0 Å². The van der Waals surface area contributed by atoms with E-state index in [-0.39, 0.29) is 34.6 Å². The van der Waals surface area contributed by atoms with E-state index in [1.54, 1.807) is 0 Å². The molecule has 1 spiro atoms. The summed E-state index contributed by atoms with van der Waals surface area (Å²) in [4.78, 5) is 0. The second-order valence-corrected chi connectivity index (χ2v) is 9.76. The highest BCUT2D eigenvalue weighted by molar-refractivity contribution is 5.31. The van der Waals surface area contributed by atoms with Crippen LogP contribution in [0.5, 0.6) is 0 Å². The first-order chi connectivity index (χ1) is 10.7. The highest BCUT2D eigenvalue weighted by atomic mass is 16.6. The van der Waals surface area contributed by atoms with Crippen molar-refractivity contribution in [3.8, 4) is 0 Å². The summed E-state index contributed by atoms with van der Waals surface area (Å²) in [6.07, 6.45) is 9.07. The van der Waals surface area contributed by atoms with Crippen LogP contribution in [0.1, 0.15) is 65.7 Å². The van der Waals surface area contributed by atoms with Crippen LogP contribution in [0.25, 0.3) is 0 Å². The van der Waals surface area contributed by atoms with Crippen LogP contribution in [0.2, 0.25) is 0 Å². The van der Waals surface area contributed by atoms with Gasteiger partial charge in [-0.1, -0.05) is 33.3 Å². The Kier molecular flexibility index (Phi) is 3.09. The first kappa shape index (κ1) is 16.1. The van der Waals surface area contributed by atoms with Gasteiger partial charge < -0.3 is 14.9 Å². The molecule has 2 N–H and O–H groups in total. The molecule has 130 valence electrons. The molecule has 23 heavy (non-hydrogen) atoms. The van der Waals surface area contributed by atoms with E-state index in [0.717, 1.165) is 44.9 Å². The Balaban J connectivity index is 1.77. The lowest BCUT2D eigenvalue weighted by atomic mass is 9.41. The second-order valence-electron chi connectivity index (χ2n) is 9.76. The Morgan fingerprint density at radius 1 is 1.17 bits per heavy atom. The standard InChI is InChI=1S/C20H32O3/c1-5-16(2)9-10-20(22)18(4)8-6-7-17(3,13-21)14(18)11-15-19(20,12-16)23-15/h5,14-15,21-22H,1,6-13H2,2-4H3/t14-,15-,16+,17-,18-,19-,20-/m1/s1. The molecule has 0 amide bonds. The number of epoxide rings is 1. The molecule has 4 rings (SSSR count). The van der Waals surface area contributed by atoms with Crippen LogP contribution in [-0.2, 0) is 4.74 Å². The third-order valence-electron chi connectivity index (χ3n) is 8.54. The molecule has 0 aromatic carbocycles. The van der Waals surface area contributed by atoms with Crippen molar-refractivity contribution in [3.05, 3.63) is 12.7 Å². The fraction of sp³-hybridized carbons (Fsp3) is 0.900. The Hall–Kier alpha value is -0.380. The molecule has 4 aliphatic rings. The SMILES string of the molecule is C=C[C@@]1(C)CC[C@@]2(O)[C@]3(C)CCC[C@](C)(CO)[C@H]3C[C@H]3O[C@]32C1. The number of hydrogen-bond donors (Lipinski definition) is 2. The van der Waals surface area contributed by atoms with Crippen LogP contribution in [0, 0.1) is 22.2 Å². The molecule has 3 aliphatic carbocycles. The van der Waals surface area contributed by atoms with Gasteiger partial charge >= 0.3 is 0 Å². The Morgan fingerprint density at radius 3 is 2.57 bits per heavy atom.